The quantitative estimate of drug-likeness (QED) is 0.223. The number of rotatable bonds is 4. The summed E-state index contributed by atoms with van der Waals surface area (Å²) in [6.45, 7) is 8.42. The second-order valence-electron chi connectivity index (χ2n) is 16.1. The molecule has 1 amide bonds. The van der Waals surface area contributed by atoms with E-state index in [0.717, 1.165) is 66.6 Å². The number of hydrogen-bond acceptors (Lipinski definition) is 3. The van der Waals surface area contributed by atoms with Gasteiger partial charge in [0.2, 0.25) is 5.91 Å². The minimum absolute atomic E-state index is 0.00446. The monoisotopic (exact) mass is 702 g/mol. The molecule has 4 heterocycles. The van der Waals surface area contributed by atoms with Crippen LogP contribution in [-0.2, 0) is 31.1 Å². The number of carbonyl (C=O) groups excluding carboxylic acids is 1. The summed E-state index contributed by atoms with van der Waals surface area (Å²) in [4.78, 5) is 32.1. The number of nitrogens with zero attached hydrogens (tertiary/aromatic N) is 2. The number of H-pyrrole nitrogens is 1. The Morgan fingerprint density at radius 3 is 2.41 bits per heavy atom. The minimum Gasteiger partial charge on any atom is -0.368 e. The van der Waals surface area contributed by atoms with Gasteiger partial charge in [0.15, 0.2) is 0 Å². The van der Waals surface area contributed by atoms with Gasteiger partial charge in [-0.2, -0.15) is 0 Å². The van der Waals surface area contributed by atoms with Gasteiger partial charge in [-0.15, -0.1) is 0 Å². The fourth-order valence-electron chi connectivity index (χ4n) is 9.08. The van der Waals surface area contributed by atoms with Gasteiger partial charge in [0.25, 0.3) is 5.56 Å². The van der Waals surface area contributed by atoms with Crippen LogP contribution < -0.4 is 10.9 Å². The van der Waals surface area contributed by atoms with Crippen molar-refractivity contribution in [2.75, 3.05) is 13.1 Å². The first-order valence-corrected chi connectivity index (χ1v) is 19.1. The third-order valence-electron chi connectivity index (χ3n) is 11.3. The molecule has 8 rings (SSSR count). The average molecular weight is 703 g/mol. The Balaban J connectivity index is 0.000000520. The van der Waals surface area contributed by atoms with Crippen molar-refractivity contribution in [3.8, 4) is 11.1 Å². The summed E-state index contributed by atoms with van der Waals surface area (Å²) >= 11 is 6.63. The Morgan fingerprint density at radius 2 is 1.67 bits per heavy atom. The van der Waals surface area contributed by atoms with Crippen LogP contribution in [0.3, 0.4) is 0 Å². The molecule has 266 valence electrons. The van der Waals surface area contributed by atoms with Crippen LogP contribution in [0.25, 0.3) is 22.2 Å². The van der Waals surface area contributed by atoms with Gasteiger partial charge in [-0.05, 0) is 132 Å². The number of halogens is 1. The van der Waals surface area contributed by atoms with E-state index in [4.69, 9.17) is 11.6 Å². The highest BCUT2D eigenvalue weighted by Gasteiger charge is 2.36. The van der Waals surface area contributed by atoms with Gasteiger partial charge in [0, 0.05) is 55.7 Å². The molecule has 2 aliphatic heterocycles. The molecule has 4 aliphatic rings. The maximum atomic E-state index is 14.0. The minimum atomic E-state index is 0.00446. The molecular formula is C44H51ClN4O2. The first-order chi connectivity index (χ1) is 24.6. The summed E-state index contributed by atoms with van der Waals surface area (Å²) in [6, 6.07) is 14.9. The number of nitrogens with one attached hydrogen (secondary N) is 2. The normalized spacial score (nSPS) is 19.7. The van der Waals surface area contributed by atoms with Gasteiger partial charge in [-0.1, -0.05) is 68.8 Å². The molecule has 6 nitrogen and oxygen atoms in total. The van der Waals surface area contributed by atoms with E-state index in [-0.39, 0.29) is 28.7 Å². The van der Waals surface area contributed by atoms with Crippen LogP contribution >= 0.6 is 11.6 Å². The van der Waals surface area contributed by atoms with Crippen LogP contribution in [0.2, 0.25) is 5.02 Å². The number of carbonyl (C=O) groups is 1. The lowest BCUT2D eigenvalue weighted by atomic mass is 9.67. The zero-order chi connectivity index (χ0) is 35.7. The zero-order valence-corrected chi connectivity index (χ0v) is 31.2. The molecule has 4 aromatic rings. The number of aromatic amines is 1. The predicted molar refractivity (Wildman–Crippen MR) is 210 cm³/mol. The number of benzene rings is 2. The third-order valence-corrected chi connectivity index (χ3v) is 11.6. The fraction of sp³-hybridized carbons (Fsp3) is 0.409. The Hall–Kier alpha value is -4.29. The molecule has 2 N–H and O–H groups in total. The molecule has 51 heavy (non-hydrogen) atoms. The second kappa shape index (κ2) is 14.7. The Kier molecular flexibility index (Phi) is 10.2. The van der Waals surface area contributed by atoms with E-state index >= 15 is 0 Å². The highest BCUT2D eigenvalue weighted by molar-refractivity contribution is 6.31. The van der Waals surface area contributed by atoms with Crippen molar-refractivity contribution in [1.29, 1.82) is 0 Å². The summed E-state index contributed by atoms with van der Waals surface area (Å²) in [5.74, 6) is 1.25. The van der Waals surface area contributed by atoms with Gasteiger partial charge in [0.05, 0.1) is 11.0 Å². The first kappa shape index (κ1) is 35.1. The van der Waals surface area contributed by atoms with Crippen molar-refractivity contribution in [1.82, 2.24) is 19.8 Å². The Morgan fingerprint density at radius 1 is 0.941 bits per heavy atom. The number of likely N-dealkylation sites (tertiary alicyclic amines) is 1. The smallest absolute Gasteiger partial charge is 0.252 e. The van der Waals surface area contributed by atoms with Crippen LogP contribution in [0.1, 0.15) is 92.5 Å². The average Bonchev–Trinajstić information content (AvgIpc) is 3.26. The SMILES string of the molecule is C1=CC=CNC=C1.Cn1ccc2[nH]c(=O)c(C3CCN(C(=O)CC4CC(CC(C)(C)C)Cc5ccc6c(c54)CCc4c(Cl)cccc4-6)CC3)cc21. The number of aromatic nitrogens is 2. The number of amides is 1. The number of allylic oxidation sites excluding steroid dienone is 4. The van der Waals surface area contributed by atoms with Crippen LogP contribution in [0.4, 0.5) is 0 Å². The van der Waals surface area contributed by atoms with Gasteiger partial charge in [-0.3, -0.25) is 9.59 Å². The van der Waals surface area contributed by atoms with Gasteiger partial charge in [0.1, 0.15) is 0 Å². The highest BCUT2D eigenvalue weighted by Crippen LogP contribution is 2.48. The van der Waals surface area contributed by atoms with Crippen LogP contribution in [0.5, 0.6) is 0 Å². The summed E-state index contributed by atoms with van der Waals surface area (Å²) < 4.78 is 2.05. The van der Waals surface area contributed by atoms with E-state index in [1.165, 1.54) is 33.4 Å². The molecule has 0 saturated carbocycles. The number of piperidine rings is 1. The standard InChI is InChI=1S/C38H44ClN3O2.C6H7N/c1-38(2,3)22-23-18-25-8-9-28-27-6-5-7-32(39)29(27)10-11-30(28)36(25)26(19-23)20-35(43)42-16-12-24(13-17-42)31-21-34-33(40-37(31)44)14-15-41(34)4;1-2-4-6-7-5-3-1/h5-9,14-15,21,23-24,26H,10-13,16-20,22H2,1-4H3,(H,40,44);1-7H. The Labute approximate surface area is 307 Å². The maximum Gasteiger partial charge on any atom is 0.252 e. The molecule has 0 spiro atoms. The molecule has 1 saturated heterocycles. The fourth-order valence-corrected chi connectivity index (χ4v) is 9.35. The molecular weight excluding hydrogens is 652 g/mol. The molecule has 0 bridgehead atoms. The molecule has 2 atom stereocenters. The van der Waals surface area contributed by atoms with E-state index in [1.54, 1.807) is 0 Å². The molecule has 2 unspecified atom stereocenters. The summed E-state index contributed by atoms with van der Waals surface area (Å²) in [7, 11) is 2.01. The summed E-state index contributed by atoms with van der Waals surface area (Å²) in [5.41, 5.74) is 11.2. The van der Waals surface area contributed by atoms with E-state index < -0.39 is 0 Å². The van der Waals surface area contributed by atoms with Crippen LogP contribution in [-0.4, -0.2) is 33.4 Å². The Bertz CT molecular complexity index is 2050. The molecule has 7 heteroatoms. The largest absolute Gasteiger partial charge is 0.368 e. The lowest BCUT2D eigenvalue weighted by molar-refractivity contribution is -0.132. The maximum absolute atomic E-state index is 14.0. The predicted octanol–water partition coefficient (Wildman–Crippen LogP) is 9.34. The second-order valence-corrected chi connectivity index (χ2v) is 16.5. The van der Waals surface area contributed by atoms with Gasteiger partial charge < -0.3 is 19.8 Å². The zero-order valence-electron chi connectivity index (χ0n) is 30.5. The van der Waals surface area contributed by atoms with Crippen LogP contribution in [0, 0.1) is 11.3 Å². The number of fused-ring (bicyclic) bond motifs is 6. The van der Waals surface area contributed by atoms with Crippen molar-refractivity contribution in [3.05, 3.63) is 129 Å². The van der Waals surface area contributed by atoms with Gasteiger partial charge >= 0.3 is 0 Å². The van der Waals surface area contributed by atoms with E-state index in [9.17, 15) is 9.59 Å². The van der Waals surface area contributed by atoms with E-state index in [2.05, 4.69) is 66.3 Å². The third kappa shape index (κ3) is 7.67. The highest BCUT2D eigenvalue weighted by atomic mass is 35.5. The lowest BCUT2D eigenvalue weighted by Crippen LogP contribution is -2.40. The number of hydrogen-bond donors (Lipinski definition) is 2. The molecule has 2 aromatic heterocycles. The van der Waals surface area contributed by atoms with Crippen molar-refractivity contribution >= 4 is 28.5 Å². The van der Waals surface area contributed by atoms with Crippen molar-refractivity contribution in [3.63, 3.8) is 0 Å². The van der Waals surface area contributed by atoms with Crippen molar-refractivity contribution in [2.24, 2.45) is 18.4 Å². The van der Waals surface area contributed by atoms with Crippen LogP contribution in [0.15, 0.2) is 90.2 Å². The molecule has 0 radical (unpaired) electrons. The van der Waals surface area contributed by atoms with Crippen molar-refractivity contribution < 1.29 is 4.79 Å². The molecule has 2 aliphatic carbocycles. The molecule has 1 fully saturated rings. The summed E-state index contributed by atoms with van der Waals surface area (Å²) in [5, 5.41) is 3.78. The first-order valence-electron chi connectivity index (χ1n) is 18.7. The number of aryl methyl sites for hydroxylation is 1. The topological polar surface area (TPSA) is 70.1 Å². The lowest BCUT2D eigenvalue weighted by Gasteiger charge is -2.39. The number of pyridine rings is 1. The molecule has 2 aromatic carbocycles. The van der Waals surface area contributed by atoms with E-state index in [0.29, 0.717) is 25.4 Å². The van der Waals surface area contributed by atoms with E-state index in [1.807, 2.05) is 66.6 Å². The summed E-state index contributed by atoms with van der Waals surface area (Å²) in [6.07, 6.45) is 21.0. The van der Waals surface area contributed by atoms with Gasteiger partial charge in [-0.25, -0.2) is 0 Å². The van der Waals surface area contributed by atoms with Crippen molar-refractivity contribution in [2.45, 2.75) is 84.0 Å².